The quantitative estimate of drug-likeness (QED) is 0.659. The second kappa shape index (κ2) is 8.91. The zero-order valence-electron chi connectivity index (χ0n) is 19.7. The Morgan fingerprint density at radius 1 is 1.11 bits per heavy atom. The van der Waals surface area contributed by atoms with E-state index in [9.17, 15) is 19.5 Å². The predicted octanol–water partition coefficient (Wildman–Crippen LogP) is 2.11. The Balaban J connectivity index is 1.30. The molecule has 8 nitrogen and oxygen atoms in total. The number of amides is 3. The summed E-state index contributed by atoms with van der Waals surface area (Å²) in [7, 11) is 0. The number of hydrogen-bond acceptors (Lipinski definition) is 6. The number of fused-ring (bicyclic) bond motifs is 1. The number of imide groups is 1. The summed E-state index contributed by atoms with van der Waals surface area (Å²) >= 11 is 0. The average Bonchev–Trinajstić information content (AvgIpc) is 3.18. The Morgan fingerprint density at radius 2 is 1.83 bits per heavy atom. The minimum absolute atomic E-state index is 0.201. The molecule has 0 radical (unpaired) electrons. The van der Waals surface area contributed by atoms with Crippen molar-refractivity contribution in [3.63, 3.8) is 0 Å². The summed E-state index contributed by atoms with van der Waals surface area (Å²) in [6, 6.07) is 12.7. The van der Waals surface area contributed by atoms with Crippen LogP contribution in [0.4, 0.5) is 0 Å². The molecule has 1 atom stereocenters. The van der Waals surface area contributed by atoms with Gasteiger partial charge in [0.1, 0.15) is 6.04 Å². The molecule has 180 valence electrons. The van der Waals surface area contributed by atoms with Crippen molar-refractivity contribution in [3.05, 3.63) is 69.8 Å². The van der Waals surface area contributed by atoms with Gasteiger partial charge in [-0.1, -0.05) is 18.2 Å². The molecule has 3 aliphatic rings. The van der Waals surface area contributed by atoms with Crippen LogP contribution < -0.4 is 5.32 Å². The zero-order valence-corrected chi connectivity index (χ0v) is 19.7. The van der Waals surface area contributed by atoms with Gasteiger partial charge in [0, 0.05) is 38.2 Å². The molecule has 3 amide bonds. The van der Waals surface area contributed by atoms with Gasteiger partial charge in [0.05, 0.1) is 17.2 Å². The number of likely N-dealkylation sites (tertiary alicyclic amines) is 1. The van der Waals surface area contributed by atoms with Gasteiger partial charge in [0.25, 0.3) is 5.91 Å². The first-order valence-electron chi connectivity index (χ1n) is 12.0. The molecule has 0 spiro atoms. The summed E-state index contributed by atoms with van der Waals surface area (Å²) in [5.74, 6) is -0.927. The topological polar surface area (TPSA) is 114 Å². The van der Waals surface area contributed by atoms with Gasteiger partial charge in [-0.3, -0.25) is 24.6 Å². The highest BCUT2D eigenvalue weighted by molar-refractivity contribution is 6.05. The van der Waals surface area contributed by atoms with E-state index in [2.05, 4.69) is 16.3 Å². The Labute approximate surface area is 204 Å². The zero-order chi connectivity index (χ0) is 24.7. The van der Waals surface area contributed by atoms with E-state index in [1.807, 2.05) is 37.3 Å². The summed E-state index contributed by atoms with van der Waals surface area (Å²) in [4.78, 5) is 40.8. The molecule has 8 heteroatoms. The molecule has 2 aromatic rings. The summed E-state index contributed by atoms with van der Waals surface area (Å²) in [5, 5.41) is 22.9. The van der Waals surface area contributed by atoms with E-state index in [0.29, 0.717) is 36.9 Å². The van der Waals surface area contributed by atoms with Crippen LogP contribution in [0.1, 0.15) is 63.9 Å². The third kappa shape index (κ3) is 4.22. The van der Waals surface area contributed by atoms with Gasteiger partial charge < -0.3 is 10.0 Å². The lowest BCUT2D eigenvalue weighted by Crippen LogP contribution is -2.52. The van der Waals surface area contributed by atoms with Gasteiger partial charge >= 0.3 is 0 Å². The molecule has 5 rings (SSSR count). The number of aliphatic hydroxyl groups is 1. The van der Waals surface area contributed by atoms with Crippen LogP contribution in [0, 0.1) is 18.3 Å². The molecule has 3 aliphatic heterocycles. The molecule has 0 saturated carbocycles. The van der Waals surface area contributed by atoms with Crippen molar-refractivity contribution in [2.24, 2.45) is 0 Å². The van der Waals surface area contributed by atoms with Crippen LogP contribution in [-0.2, 0) is 28.3 Å². The van der Waals surface area contributed by atoms with Crippen LogP contribution in [-0.4, -0.2) is 51.8 Å². The first-order valence-corrected chi connectivity index (χ1v) is 12.0. The van der Waals surface area contributed by atoms with Crippen molar-refractivity contribution >= 4 is 17.7 Å². The van der Waals surface area contributed by atoms with Gasteiger partial charge in [-0.05, 0) is 66.6 Å². The van der Waals surface area contributed by atoms with Crippen LogP contribution in [0.25, 0.3) is 0 Å². The number of rotatable bonds is 4. The largest absolute Gasteiger partial charge is 0.385 e. The summed E-state index contributed by atoms with van der Waals surface area (Å²) in [6.45, 7) is 4.47. The smallest absolute Gasteiger partial charge is 0.255 e. The summed E-state index contributed by atoms with van der Waals surface area (Å²) in [6.07, 6.45) is 1.70. The lowest BCUT2D eigenvalue weighted by Gasteiger charge is -2.39. The van der Waals surface area contributed by atoms with E-state index < -0.39 is 17.6 Å². The lowest BCUT2D eigenvalue weighted by atomic mass is 9.80. The van der Waals surface area contributed by atoms with E-state index in [-0.39, 0.29) is 18.2 Å². The molecular weight excluding hydrogens is 444 g/mol. The number of carbonyl (C=O) groups excluding carboxylic acids is 3. The Bertz CT molecular complexity index is 1240. The van der Waals surface area contributed by atoms with Gasteiger partial charge in [-0.15, -0.1) is 0 Å². The van der Waals surface area contributed by atoms with Crippen LogP contribution in [0.3, 0.4) is 0 Å². The molecule has 2 saturated heterocycles. The van der Waals surface area contributed by atoms with E-state index >= 15 is 0 Å². The van der Waals surface area contributed by atoms with Crippen LogP contribution in [0.15, 0.2) is 36.4 Å². The molecule has 2 N–H and O–H groups in total. The van der Waals surface area contributed by atoms with Crippen LogP contribution >= 0.6 is 0 Å². The normalized spacial score (nSPS) is 22.0. The first-order chi connectivity index (χ1) is 16.8. The molecule has 35 heavy (non-hydrogen) atoms. The maximum absolute atomic E-state index is 13.1. The number of nitrogens with one attached hydrogen (secondary N) is 1. The minimum Gasteiger partial charge on any atom is -0.385 e. The van der Waals surface area contributed by atoms with Crippen molar-refractivity contribution in [2.75, 3.05) is 13.1 Å². The van der Waals surface area contributed by atoms with Gasteiger partial charge in [0.2, 0.25) is 11.8 Å². The molecule has 1 unspecified atom stereocenters. The highest BCUT2D eigenvalue weighted by atomic mass is 16.3. The Hall–Kier alpha value is -3.54. The van der Waals surface area contributed by atoms with Crippen molar-refractivity contribution in [1.82, 2.24) is 15.1 Å². The monoisotopic (exact) mass is 472 g/mol. The molecule has 0 aliphatic carbocycles. The standard InChI is InChI=1S/C27H28N4O4/c1-17-21-16-31(23-8-9-24(32)29-25(23)33)26(34)20(21)6-7-22(17)27(35)10-12-30(13-11-27)15-19-4-2-18(14-28)3-5-19/h2-7,23,35H,8-13,15-16H2,1H3,(H,29,32,33). The third-order valence-corrected chi connectivity index (χ3v) is 7.68. The third-order valence-electron chi connectivity index (χ3n) is 7.68. The van der Waals surface area contributed by atoms with Crippen molar-refractivity contribution in [2.45, 2.75) is 57.3 Å². The molecule has 0 aromatic heterocycles. The summed E-state index contributed by atoms with van der Waals surface area (Å²) < 4.78 is 0. The fourth-order valence-electron chi connectivity index (χ4n) is 5.59. The van der Waals surface area contributed by atoms with Crippen LogP contribution in [0.2, 0.25) is 0 Å². The Morgan fingerprint density at radius 3 is 2.49 bits per heavy atom. The summed E-state index contributed by atoms with van der Waals surface area (Å²) in [5.41, 5.74) is 3.95. The molecule has 2 fully saturated rings. The second-order valence-electron chi connectivity index (χ2n) is 9.78. The van der Waals surface area contributed by atoms with E-state index in [4.69, 9.17) is 5.26 Å². The van der Waals surface area contributed by atoms with E-state index in [0.717, 1.165) is 41.9 Å². The Kier molecular flexibility index (Phi) is 5.91. The molecular formula is C27H28N4O4. The number of carbonyl (C=O) groups is 3. The number of benzene rings is 2. The van der Waals surface area contributed by atoms with Crippen molar-refractivity contribution in [3.8, 4) is 6.07 Å². The SMILES string of the molecule is Cc1c(C2(O)CCN(Cc3ccc(C#N)cc3)CC2)ccc2c1CN(C1CCC(=O)NC1=O)C2=O. The highest BCUT2D eigenvalue weighted by Crippen LogP contribution is 2.39. The lowest BCUT2D eigenvalue weighted by molar-refractivity contribution is -0.136. The average molecular weight is 473 g/mol. The van der Waals surface area contributed by atoms with Gasteiger partial charge in [-0.25, -0.2) is 0 Å². The maximum Gasteiger partial charge on any atom is 0.255 e. The van der Waals surface area contributed by atoms with Crippen LogP contribution in [0.5, 0.6) is 0 Å². The fourth-order valence-corrected chi connectivity index (χ4v) is 5.59. The minimum atomic E-state index is -0.981. The maximum atomic E-state index is 13.1. The molecule has 3 heterocycles. The van der Waals surface area contributed by atoms with Gasteiger partial charge in [0.15, 0.2) is 0 Å². The number of piperidine rings is 2. The second-order valence-corrected chi connectivity index (χ2v) is 9.78. The molecule has 0 bridgehead atoms. The fraction of sp³-hybridized carbons (Fsp3) is 0.407. The molecule has 2 aromatic carbocycles. The first kappa shape index (κ1) is 23.2. The number of hydrogen-bond donors (Lipinski definition) is 2. The van der Waals surface area contributed by atoms with Crippen molar-refractivity contribution in [1.29, 1.82) is 5.26 Å². The highest BCUT2D eigenvalue weighted by Gasteiger charge is 2.42. The predicted molar refractivity (Wildman–Crippen MR) is 127 cm³/mol. The number of nitrogens with zero attached hydrogens (tertiary/aromatic N) is 3. The van der Waals surface area contributed by atoms with Crippen molar-refractivity contribution < 1.29 is 19.5 Å². The van der Waals surface area contributed by atoms with Gasteiger partial charge in [-0.2, -0.15) is 5.26 Å². The number of nitriles is 1. The van der Waals surface area contributed by atoms with E-state index in [1.165, 1.54) is 0 Å². The van der Waals surface area contributed by atoms with E-state index in [1.54, 1.807) is 11.0 Å².